The fourth-order valence-electron chi connectivity index (χ4n) is 3.87. The zero-order valence-electron chi connectivity index (χ0n) is 15.3. The number of benzene rings is 2. The Morgan fingerprint density at radius 1 is 1.21 bits per heavy atom. The van der Waals surface area contributed by atoms with Crippen molar-refractivity contribution in [2.75, 3.05) is 17.7 Å². The summed E-state index contributed by atoms with van der Waals surface area (Å²) in [7, 11) is 0. The van der Waals surface area contributed by atoms with Gasteiger partial charge in [-0.3, -0.25) is 14.2 Å². The van der Waals surface area contributed by atoms with Crippen molar-refractivity contribution in [3.8, 4) is 5.75 Å². The molecular formula is C21H17ClN2O3S2. The Morgan fingerprint density at radius 3 is 2.83 bits per heavy atom. The van der Waals surface area contributed by atoms with Gasteiger partial charge in [-0.1, -0.05) is 41.1 Å². The van der Waals surface area contributed by atoms with Crippen molar-refractivity contribution >= 4 is 46.3 Å². The van der Waals surface area contributed by atoms with Crippen molar-refractivity contribution in [2.45, 2.75) is 17.5 Å². The second kappa shape index (κ2) is 7.55. The molecule has 3 aromatic rings. The number of carbonyl (C=O) groups is 1. The van der Waals surface area contributed by atoms with Crippen molar-refractivity contribution in [1.29, 1.82) is 0 Å². The van der Waals surface area contributed by atoms with Gasteiger partial charge in [-0.2, -0.15) is 0 Å². The van der Waals surface area contributed by atoms with Crippen LogP contribution in [0.5, 0.6) is 5.75 Å². The SMILES string of the molecule is O=C(Cn1c2c(sc1=O)[C@@H]1c3ccccc3OC[C@@H]1CS2)Nc1ccc(Cl)cc1. The normalized spacial score (nSPS) is 19.5. The Bertz CT molecular complexity index is 1140. The molecule has 8 heteroatoms. The van der Waals surface area contributed by atoms with Crippen LogP contribution in [-0.2, 0) is 11.3 Å². The molecule has 2 aromatic carbocycles. The maximum atomic E-state index is 12.8. The van der Waals surface area contributed by atoms with Gasteiger partial charge in [-0.15, -0.1) is 11.8 Å². The molecule has 5 rings (SSSR count). The Kier molecular flexibility index (Phi) is 4.89. The number of thioether (sulfide) groups is 1. The molecule has 1 amide bonds. The van der Waals surface area contributed by atoms with Gasteiger partial charge in [0.15, 0.2) is 0 Å². The number of hydrogen-bond donors (Lipinski definition) is 1. The first kappa shape index (κ1) is 18.8. The summed E-state index contributed by atoms with van der Waals surface area (Å²) < 4.78 is 7.52. The van der Waals surface area contributed by atoms with Crippen LogP contribution in [0, 0.1) is 5.92 Å². The Balaban J connectivity index is 1.44. The van der Waals surface area contributed by atoms with Crippen LogP contribution in [0.3, 0.4) is 0 Å². The average molecular weight is 445 g/mol. The lowest BCUT2D eigenvalue weighted by molar-refractivity contribution is -0.116. The third-order valence-corrected chi connectivity index (χ3v) is 7.95. The lowest BCUT2D eigenvalue weighted by Gasteiger charge is -2.36. The summed E-state index contributed by atoms with van der Waals surface area (Å²) in [6, 6.07) is 14.9. The molecule has 3 heterocycles. The summed E-state index contributed by atoms with van der Waals surface area (Å²) >= 11 is 8.78. The standard InChI is InChI=1S/C21H17ClN2O3S2/c22-13-5-7-14(8-6-13)23-17(25)9-24-20-19(29-21(24)26)18-12(11-28-20)10-27-16-4-2-1-3-15(16)18/h1-8,12,18H,9-11H2,(H,23,25)/t12-,18+/m1/s1. The number of ether oxygens (including phenoxy) is 1. The third kappa shape index (κ3) is 3.47. The van der Waals surface area contributed by atoms with E-state index in [4.69, 9.17) is 16.3 Å². The van der Waals surface area contributed by atoms with E-state index in [0.717, 1.165) is 27.0 Å². The van der Waals surface area contributed by atoms with Gasteiger partial charge in [0.25, 0.3) is 0 Å². The summed E-state index contributed by atoms with van der Waals surface area (Å²) in [6.45, 7) is 0.646. The monoisotopic (exact) mass is 444 g/mol. The van der Waals surface area contributed by atoms with Crippen LogP contribution in [-0.4, -0.2) is 22.8 Å². The zero-order valence-corrected chi connectivity index (χ0v) is 17.7. The highest BCUT2D eigenvalue weighted by Crippen LogP contribution is 2.50. The molecule has 0 fully saturated rings. The maximum Gasteiger partial charge on any atom is 0.308 e. The summed E-state index contributed by atoms with van der Waals surface area (Å²) in [4.78, 5) is 26.3. The number of nitrogens with one attached hydrogen (secondary N) is 1. The summed E-state index contributed by atoms with van der Waals surface area (Å²) in [5.41, 5.74) is 1.78. The van der Waals surface area contributed by atoms with Gasteiger partial charge in [0, 0.05) is 38.7 Å². The fourth-order valence-corrected chi connectivity index (χ4v) is 6.69. The number of rotatable bonds is 3. The summed E-state index contributed by atoms with van der Waals surface area (Å²) in [5.74, 6) is 2.00. The van der Waals surface area contributed by atoms with Crippen molar-refractivity contribution in [2.24, 2.45) is 5.92 Å². The molecule has 0 bridgehead atoms. The highest BCUT2D eigenvalue weighted by molar-refractivity contribution is 7.99. The molecule has 2 aliphatic heterocycles. The van der Waals surface area contributed by atoms with Crippen molar-refractivity contribution in [1.82, 2.24) is 4.57 Å². The lowest BCUT2D eigenvalue weighted by Crippen LogP contribution is -2.31. The smallest absolute Gasteiger partial charge is 0.308 e. The van der Waals surface area contributed by atoms with Gasteiger partial charge in [-0.05, 0) is 30.3 Å². The molecule has 0 unspecified atom stereocenters. The first-order valence-electron chi connectivity index (χ1n) is 9.23. The molecule has 5 nitrogen and oxygen atoms in total. The van der Waals surface area contributed by atoms with E-state index in [-0.39, 0.29) is 23.2 Å². The van der Waals surface area contributed by atoms with E-state index in [1.54, 1.807) is 40.6 Å². The van der Waals surface area contributed by atoms with Gasteiger partial charge < -0.3 is 10.1 Å². The molecule has 2 atom stereocenters. The van der Waals surface area contributed by atoms with Gasteiger partial charge in [0.1, 0.15) is 12.3 Å². The molecule has 29 heavy (non-hydrogen) atoms. The van der Waals surface area contributed by atoms with E-state index in [9.17, 15) is 9.59 Å². The van der Waals surface area contributed by atoms with E-state index < -0.39 is 0 Å². The minimum absolute atomic E-state index is 0.00414. The van der Waals surface area contributed by atoms with Crippen molar-refractivity contribution in [3.63, 3.8) is 0 Å². The van der Waals surface area contributed by atoms with Crippen LogP contribution in [0.25, 0.3) is 0 Å². The predicted molar refractivity (Wildman–Crippen MR) is 117 cm³/mol. The average Bonchev–Trinajstić information content (AvgIpc) is 3.04. The highest BCUT2D eigenvalue weighted by atomic mass is 35.5. The first-order chi connectivity index (χ1) is 14.1. The predicted octanol–water partition coefficient (Wildman–Crippen LogP) is 4.45. The second-order valence-corrected chi connectivity index (χ2v) is 9.51. The number of anilines is 1. The minimum Gasteiger partial charge on any atom is -0.493 e. The second-order valence-electron chi connectivity index (χ2n) is 7.08. The number of halogens is 1. The summed E-state index contributed by atoms with van der Waals surface area (Å²) in [6.07, 6.45) is 0. The van der Waals surface area contributed by atoms with Gasteiger partial charge in [-0.25, -0.2) is 0 Å². The first-order valence-corrected chi connectivity index (χ1v) is 11.4. The molecule has 0 saturated carbocycles. The molecule has 148 valence electrons. The molecule has 1 N–H and O–H groups in total. The minimum atomic E-state index is -0.231. The number of nitrogens with zero attached hydrogens (tertiary/aromatic N) is 1. The highest BCUT2D eigenvalue weighted by Gasteiger charge is 2.39. The number of aromatic nitrogens is 1. The van der Waals surface area contributed by atoms with Crippen LogP contribution < -0.4 is 14.9 Å². The Labute approximate surface area is 180 Å². The molecular weight excluding hydrogens is 428 g/mol. The number of amides is 1. The topological polar surface area (TPSA) is 60.3 Å². The number of fused-ring (bicyclic) bond motifs is 5. The fraction of sp³-hybridized carbons (Fsp3) is 0.238. The van der Waals surface area contributed by atoms with Gasteiger partial charge >= 0.3 is 4.87 Å². The number of carbonyl (C=O) groups excluding carboxylic acids is 1. The zero-order chi connectivity index (χ0) is 20.0. The molecule has 1 aromatic heterocycles. The van der Waals surface area contributed by atoms with Gasteiger partial charge in [0.05, 0.1) is 11.6 Å². The van der Waals surface area contributed by atoms with E-state index in [1.165, 1.54) is 11.3 Å². The van der Waals surface area contributed by atoms with Crippen LogP contribution >= 0.6 is 34.7 Å². The van der Waals surface area contributed by atoms with Crippen LogP contribution in [0.4, 0.5) is 5.69 Å². The van der Waals surface area contributed by atoms with Gasteiger partial charge in [0.2, 0.25) is 5.91 Å². The molecule has 0 spiro atoms. The van der Waals surface area contributed by atoms with E-state index in [0.29, 0.717) is 23.2 Å². The van der Waals surface area contributed by atoms with E-state index in [1.807, 2.05) is 18.2 Å². The van der Waals surface area contributed by atoms with Crippen LogP contribution in [0.15, 0.2) is 58.4 Å². The number of para-hydroxylation sites is 1. The van der Waals surface area contributed by atoms with E-state index >= 15 is 0 Å². The van der Waals surface area contributed by atoms with Crippen LogP contribution in [0.1, 0.15) is 16.4 Å². The Hall–Kier alpha value is -2.22. The quantitative estimate of drug-likeness (QED) is 0.648. The number of hydrogen-bond acceptors (Lipinski definition) is 5. The lowest BCUT2D eigenvalue weighted by atomic mass is 9.84. The Morgan fingerprint density at radius 2 is 2.00 bits per heavy atom. The maximum absolute atomic E-state index is 12.8. The molecule has 2 aliphatic rings. The summed E-state index contributed by atoms with van der Waals surface area (Å²) in [5, 5.41) is 4.34. The van der Waals surface area contributed by atoms with E-state index in [2.05, 4.69) is 11.4 Å². The number of thiazole rings is 1. The third-order valence-electron chi connectivity index (χ3n) is 5.20. The largest absolute Gasteiger partial charge is 0.493 e. The molecule has 0 radical (unpaired) electrons. The van der Waals surface area contributed by atoms with Crippen molar-refractivity contribution < 1.29 is 9.53 Å². The van der Waals surface area contributed by atoms with Crippen molar-refractivity contribution in [3.05, 3.63) is 73.7 Å². The molecule has 0 aliphatic carbocycles. The molecule has 0 saturated heterocycles. The van der Waals surface area contributed by atoms with Crippen LogP contribution in [0.2, 0.25) is 5.02 Å².